The second kappa shape index (κ2) is 13.7. The fraction of sp³-hybridized carbons (Fsp3) is 0.278. The van der Waals surface area contributed by atoms with Gasteiger partial charge in [-0.15, -0.1) is 0 Å². The highest BCUT2D eigenvalue weighted by atomic mass is 19.4. The summed E-state index contributed by atoms with van der Waals surface area (Å²) in [5.74, 6) is -2.03. The molecular formula is C36H29F9N2O3. The SMILES string of the molecule is CC(C)C[C@@H](C(=O)N1C(=O)OCC1c1ccccc1)c1cc(Nc2cc(C(F)(F)F)ccc2C(F)(F)F)cc(-c2ccc(C(F)(F)F)cc2)c1. The largest absolute Gasteiger partial charge is 0.446 e. The van der Waals surface area contributed by atoms with Crippen molar-refractivity contribution in [3.63, 3.8) is 0 Å². The van der Waals surface area contributed by atoms with Gasteiger partial charge in [0, 0.05) is 5.69 Å². The molecule has 1 aliphatic rings. The van der Waals surface area contributed by atoms with Crippen LogP contribution in [0.4, 0.5) is 55.7 Å². The number of benzene rings is 4. The Bertz CT molecular complexity index is 1850. The number of cyclic esters (lactones) is 1. The molecule has 1 saturated heterocycles. The van der Waals surface area contributed by atoms with Gasteiger partial charge in [-0.1, -0.05) is 62.4 Å². The summed E-state index contributed by atoms with van der Waals surface area (Å²) in [6.07, 6.45) is -15.5. The third-order valence-corrected chi connectivity index (χ3v) is 8.13. The van der Waals surface area contributed by atoms with Crippen LogP contribution in [0.5, 0.6) is 0 Å². The monoisotopic (exact) mass is 708 g/mol. The number of imide groups is 1. The second-order valence-electron chi connectivity index (χ2n) is 12.2. The highest BCUT2D eigenvalue weighted by Gasteiger charge is 2.43. The summed E-state index contributed by atoms with van der Waals surface area (Å²) in [5.41, 5.74) is -3.82. The molecule has 2 atom stereocenters. The summed E-state index contributed by atoms with van der Waals surface area (Å²) in [6.45, 7) is 3.43. The molecule has 1 heterocycles. The van der Waals surface area contributed by atoms with Crippen molar-refractivity contribution in [2.24, 2.45) is 5.92 Å². The number of carbonyl (C=O) groups excluding carboxylic acids is 2. The van der Waals surface area contributed by atoms with Gasteiger partial charge < -0.3 is 10.1 Å². The van der Waals surface area contributed by atoms with Crippen molar-refractivity contribution in [1.29, 1.82) is 0 Å². The number of carbonyl (C=O) groups is 2. The lowest BCUT2D eigenvalue weighted by atomic mass is 9.86. The zero-order valence-electron chi connectivity index (χ0n) is 26.4. The highest BCUT2D eigenvalue weighted by Crippen LogP contribution is 2.42. The van der Waals surface area contributed by atoms with E-state index in [1.807, 2.05) is 0 Å². The number of halogens is 9. The van der Waals surface area contributed by atoms with E-state index in [2.05, 4.69) is 5.32 Å². The Labute approximate surface area is 280 Å². The summed E-state index contributed by atoms with van der Waals surface area (Å²) in [7, 11) is 0. The Hall–Kier alpha value is -5.01. The van der Waals surface area contributed by atoms with Crippen LogP contribution in [0, 0.1) is 5.92 Å². The topological polar surface area (TPSA) is 58.6 Å². The molecule has 0 aromatic heterocycles. The van der Waals surface area contributed by atoms with E-state index in [0.717, 1.165) is 29.2 Å². The molecule has 4 aromatic carbocycles. The van der Waals surface area contributed by atoms with Crippen LogP contribution in [-0.4, -0.2) is 23.5 Å². The maximum absolute atomic E-state index is 14.3. The van der Waals surface area contributed by atoms with Crippen molar-refractivity contribution in [2.75, 3.05) is 11.9 Å². The van der Waals surface area contributed by atoms with E-state index in [9.17, 15) is 49.1 Å². The molecule has 5 nitrogen and oxygen atoms in total. The quantitative estimate of drug-likeness (QED) is 0.185. The molecule has 2 amide bonds. The summed E-state index contributed by atoms with van der Waals surface area (Å²) in [6, 6.07) is 16.5. The summed E-state index contributed by atoms with van der Waals surface area (Å²) in [5, 5.41) is 2.42. The number of rotatable bonds is 8. The Balaban J connectivity index is 1.67. The first-order valence-electron chi connectivity index (χ1n) is 15.3. The van der Waals surface area contributed by atoms with Crippen LogP contribution in [0.3, 0.4) is 0 Å². The van der Waals surface area contributed by atoms with Gasteiger partial charge in [-0.2, -0.15) is 39.5 Å². The van der Waals surface area contributed by atoms with E-state index in [4.69, 9.17) is 4.74 Å². The smallest absolute Gasteiger partial charge is 0.418 e. The normalized spacial score (nSPS) is 16.0. The maximum Gasteiger partial charge on any atom is 0.418 e. The number of amides is 2. The molecule has 1 fully saturated rings. The highest BCUT2D eigenvalue weighted by molar-refractivity contribution is 5.97. The predicted octanol–water partition coefficient (Wildman–Crippen LogP) is 11.0. The van der Waals surface area contributed by atoms with E-state index in [1.165, 1.54) is 18.2 Å². The lowest BCUT2D eigenvalue weighted by Crippen LogP contribution is -2.38. The molecule has 4 aromatic rings. The van der Waals surface area contributed by atoms with Crippen LogP contribution >= 0.6 is 0 Å². The molecular weight excluding hydrogens is 679 g/mol. The Morgan fingerprint density at radius 1 is 0.780 bits per heavy atom. The molecule has 0 radical (unpaired) electrons. The molecule has 0 aliphatic carbocycles. The van der Waals surface area contributed by atoms with Gasteiger partial charge in [0.2, 0.25) is 5.91 Å². The molecule has 1 N–H and O–H groups in total. The van der Waals surface area contributed by atoms with Crippen LogP contribution in [0.25, 0.3) is 11.1 Å². The summed E-state index contributed by atoms with van der Waals surface area (Å²) >= 11 is 0. The van der Waals surface area contributed by atoms with Crippen LogP contribution in [0.2, 0.25) is 0 Å². The zero-order valence-corrected chi connectivity index (χ0v) is 26.4. The first-order valence-corrected chi connectivity index (χ1v) is 15.3. The van der Waals surface area contributed by atoms with E-state index in [-0.39, 0.29) is 41.3 Å². The van der Waals surface area contributed by atoms with E-state index >= 15 is 0 Å². The van der Waals surface area contributed by atoms with E-state index in [1.54, 1.807) is 44.2 Å². The van der Waals surface area contributed by atoms with Gasteiger partial charge in [0.25, 0.3) is 0 Å². The number of ether oxygens (including phenoxy) is 1. The third kappa shape index (κ3) is 8.06. The molecule has 0 spiro atoms. The van der Waals surface area contributed by atoms with Crippen molar-refractivity contribution < 1.29 is 53.8 Å². The third-order valence-electron chi connectivity index (χ3n) is 8.13. The van der Waals surface area contributed by atoms with Gasteiger partial charge in [-0.25, -0.2) is 9.69 Å². The van der Waals surface area contributed by atoms with Crippen molar-refractivity contribution in [1.82, 2.24) is 4.90 Å². The van der Waals surface area contributed by atoms with Crippen molar-refractivity contribution >= 4 is 23.4 Å². The van der Waals surface area contributed by atoms with Gasteiger partial charge in [0.1, 0.15) is 12.6 Å². The van der Waals surface area contributed by atoms with Crippen molar-refractivity contribution in [3.8, 4) is 11.1 Å². The average molecular weight is 709 g/mol. The average Bonchev–Trinajstić information content (AvgIpc) is 3.43. The number of nitrogens with zero attached hydrogens (tertiary/aromatic N) is 1. The van der Waals surface area contributed by atoms with Gasteiger partial charge in [-0.3, -0.25) is 4.79 Å². The molecule has 50 heavy (non-hydrogen) atoms. The number of nitrogens with one attached hydrogen (secondary N) is 1. The van der Waals surface area contributed by atoms with Gasteiger partial charge in [0.15, 0.2) is 0 Å². The summed E-state index contributed by atoms with van der Waals surface area (Å²) < 4.78 is 128. The molecule has 1 unspecified atom stereocenters. The van der Waals surface area contributed by atoms with Crippen LogP contribution in [0.15, 0.2) is 91.0 Å². The number of hydrogen-bond acceptors (Lipinski definition) is 4. The second-order valence-corrected chi connectivity index (χ2v) is 12.2. The lowest BCUT2D eigenvalue weighted by molar-refractivity contribution is -0.140. The van der Waals surface area contributed by atoms with Crippen molar-refractivity contribution in [3.05, 3.63) is 119 Å². The number of alkyl halides is 9. The lowest BCUT2D eigenvalue weighted by Gasteiger charge is -2.27. The molecule has 5 rings (SSSR count). The molecule has 0 bridgehead atoms. The van der Waals surface area contributed by atoms with Crippen LogP contribution in [-0.2, 0) is 28.1 Å². The molecule has 14 heteroatoms. The summed E-state index contributed by atoms with van der Waals surface area (Å²) in [4.78, 5) is 28.2. The number of hydrogen-bond donors (Lipinski definition) is 1. The minimum absolute atomic E-state index is 0.109. The first kappa shape index (κ1) is 36.3. The number of anilines is 2. The Morgan fingerprint density at radius 3 is 1.98 bits per heavy atom. The molecule has 0 saturated carbocycles. The van der Waals surface area contributed by atoms with Crippen LogP contribution in [0.1, 0.15) is 60.0 Å². The minimum Gasteiger partial charge on any atom is -0.446 e. The zero-order chi connectivity index (χ0) is 36.6. The standard InChI is InChI=1S/C36H29F9N2O3/c1-20(2)14-28(32(48)47-31(19-50-33(47)49)22-6-4-3-5-7-22)24-15-23(21-8-10-25(11-9-21)34(37,38)39)16-27(17-24)46-30-18-26(35(40,41)42)12-13-29(30)36(43,44)45/h3-13,15-18,20,28,31,46H,14,19H2,1-2H3/t28-,31?/m1/s1. The van der Waals surface area contributed by atoms with Crippen molar-refractivity contribution in [2.45, 2.75) is 50.8 Å². The van der Waals surface area contributed by atoms with E-state index < -0.39 is 64.9 Å². The Kier molecular flexibility index (Phi) is 9.95. The fourth-order valence-corrected chi connectivity index (χ4v) is 5.77. The van der Waals surface area contributed by atoms with Gasteiger partial charge in [0.05, 0.1) is 28.3 Å². The van der Waals surface area contributed by atoms with Gasteiger partial charge >= 0.3 is 24.6 Å². The van der Waals surface area contributed by atoms with Gasteiger partial charge in [-0.05, 0) is 77.1 Å². The molecule has 264 valence electrons. The molecule has 1 aliphatic heterocycles. The van der Waals surface area contributed by atoms with Crippen LogP contribution < -0.4 is 5.32 Å². The minimum atomic E-state index is -5.07. The first-order chi connectivity index (χ1) is 23.3. The predicted molar refractivity (Wildman–Crippen MR) is 166 cm³/mol. The maximum atomic E-state index is 14.3. The Morgan fingerprint density at radius 2 is 1.40 bits per heavy atom. The fourth-order valence-electron chi connectivity index (χ4n) is 5.77. The van der Waals surface area contributed by atoms with E-state index in [0.29, 0.717) is 23.8 Å².